The van der Waals surface area contributed by atoms with Gasteiger partial charge in [-0.05, 0) is 70.5 Å². The molecule has 0 aliphatic rings. The number of hydrogen-bond acceptors (Lipinski definition) is 5. The summed E-state index contributed by atoms with van der Waals surface area (Å²) < 4.78 is 20.3. The highest BCUT2D eigenvalue weighted by atomic mass is 32.2. The summed E-state index contributed by atoms with van der Waals surface area (Å²) in [7, 11) is 1.72. The summed E-state index contributed by atoms with van der Waals surface area (Å²) in [6, 6.07) is 0. The first-order valence-electron chi connectivity index (χ1n) is 9.83. The molecular formula is C21H47NO3S. The van der Waals surface area contributed by atoms with E-state index in [1.165, 1.54) is 0 Å². The van der Waals surface area contributed by atoms with Gasteiger partial charge in [0.25, 0.3) is 0 Å². The molecule has 0 spiro atoms. The van der Waals surface area contributed by atoms with Gasteiger partial charge in [0, 0.05) is 18.3 Å². The lowest BCUT2D eigenvalue weighted by atomic mass is 9.79. The van der Waals surface area contributed by atoms with Gasteiger partial charge in [-0.2, -0.15) is 0 Å². The van der Waals surface area contributed by atoms with Gasteiger partial charge in [0.15, 0.2) is 0 Å². The summed E-state index contributed by atoms with van der Waals surface area (Å²) in [4.78, 5) is 0. The van der Waals surface area contributed by atoms with Gasteiger partial charge in [0.05, 0.1) is 17.8 Å². The number of hydrogen-bond donors (Lipinski definition) is 2. The van der Waals surface area contributed by atoms with Crippen molar-refractivity contribution in [3.05, 3.63) is 0 Å². The van der Waals surface area contributed by atoms with Crippen LogP contribution in [-0.2, 0) is 9.47 Å². The molecule has 0 saturated heterocycles. The third-order valence-electron chi connectivity index (χ3n) is 5.76. The second-order valence-corrected chi connectivity index (χ2v) is 10.2. The van der Waals surface area contributed by atoms with E-state index in [4.69, 9.17) is 19.8 Å². The zero-order valence-electron chi connectivity index (χ0n) is 19.3. The van der Waals surface area contributed by atoms with Crippen molar-refractivity contribution in [1.82, 2.24) is 0 Å². The smallest absolute Gasteiger partial charge is 0.0685 e. The molecule has 0 amide bonds. The summed E-state index contributed by atoms with van der Waals surface area (Å²) in [5.74, 6) is 2.82. The summed E-state index contributed by atoms with van der Waals surface area (Å²) in [6.45, 7) is 22.9. The Morgan fingerprint density at radius 1 is 0.962 bits per heavy atom. The van der Waals surface area contributed by atoms with Gasteiger partial charge in [0.2, 0.25) is 0 Å². The first-order chi connectivity index (χ1) is 11.7. The third kappa shape index (κ3) is 11.1. The molecule has 26 heavy (non-hydrogen) atoms. The third-order valence-corrected chi connectivity index (χ3v) is 6.61. The fourth-order valence-corrected chi connectivity index (χ4v) is 3.17. The minimum atomic E-state index is -0.271. The maximum Gasteiger partial charge on any atom is 0.0685 e. The van der Waals surface area contributed by atoms with Crippen LogP contribution in [-0.4, -0.2) is 41.8 Å². The molecule has 5 heteroatoms. The van der Waals surface area contributed by atoms with Crippen molar-refractivity contribution in [3.63, 3.8) is 0 Å². The van der Waals surface area contributed by atoms with E-state index in [0.29, 0.717) is 18.3 Å². The highest BCUT2D eigenvalue weighted by Gasteiger charge is 2.38. The van der Waals surface area contributed by atoms with Crippen LogP contribution in [0.15, 0.2) is 0 Å². The van der Waals surface area contributed by atoms with Gasteiger partial charge in [-0.3, -0.25) is 0 Å². The van der Waals surface area contributed by atoms with Crippen molar-refractivity contribution < 1.29 is 14.0 Å². The molecule has 160 valence electrons. The molecule has 0 rings (SSSR count). The van der Waals surface area contributed by atoms with Crippen molar-refractivity contribution in [2.75, 3.05) is 26.0 Å². The van der Waals surface area contributed by atoms with Crippen molar-refractivity contribution in [2.24, 2.45) is 28.9 Å². The second-order valence-electron chi connectivity index (χ2n) is 9.62. The Bertz CT molecular complexity index is 347. The van der Waals surface area contributed by atoms with Crippen LogP contribution in [0.25, 0.3) is 0 Å². The van der Waals surface area contributed by atoms with E-state index in [2.05, 4.69) is 69.2 Å². The second kappa shape index (κ2) is 12.6. The van der Waals surface area contributed by atoms with E-state index in [1.807, 2.05) is 0 Å². The van der Waals surface area contributed by atoms with Crippen LogP contribution in [0.1, 0.15) is 75.7 Å². The number of nitrogens with two attached hydrogens (primary N) is 1. The average molecular weight is 394 g/mol. The van der Waals surface area contributed by atoms with Crippen LogP contribution in [0.4, 0.5) is 0 Å². The lowest BCUT2D eigenvalue weighted by Crippen LogP contribution is -2.44. The van der Waals surface area contributed by atoms with E-state index >= 15 is 0 Å². The molecule has 4 nitrogen and oxygen atoms in total. The van der Waals surface area contributed by atoms with Crippen LogP contribution in [0.2, 0.25) is 0 Å². The van der Waals surface area contributed by atoms with Crippen LogP contribution < -0.4 is 5.73 Å². The molecular weight excluding hydrogens is 346 g/mol. The van der Waals surface area contributed by atoms with E-state index in [-0.39, 0.29) is 16.6 Å². The molecule has 0 atom stereocenters. The van der Waals surface area contributed by atoms with Gasteiger partial charge in [0.1, 0.15) is 0 Å². The van der Waals surface area contributed by atoms with Crippen molar-refractivity contribution >= 4 is 12.0 Å². The molecule has 0 aromatic rings. The summed E-state index contributed by atoms with van der Waals surface area (Å²) in [5.41, 5.74) is 5.08. The van der Waals surface area contributed by atoms with Gasteiger partial charge in [-0.15, -0.1) is 0 Å². The molecule has 0 aromatic carbocycles. The zero-order chi connectivity index (χ0) is 21.2. The molecule has 0 heterocycles. The molecule has 0 aliphatic carbocycles. The maximum absolute atomic E-state index is 9.00. The highest BCUT2D eigenvalue weighted by Crippen LogP contribution is 2.36. The summed E-state index contributed by atoms with van der Waals surface area (Å²) >= 11 is 0.874. The quantitative estimate of drug-likeness (QED) is 0.441. The minimum Gasteiger partial charge on any atom is -0.379 e. The van der Waals surface area contributed by atoms with Crippen LogP contribution in [0, 0.1) is 23.2 Å². The van der Waals surface area contributed by atoms with Crippen LogP contribution in [0.5, 0.6) is 0 Å². The fraction of sp³-hybridized carbons (Fsp3) is 1.00. The van der Waals surface area contributed by atoms with E-state index < -0.39 is 0 Å². The molecule has 0 saturated carbocycles. The van der Waals surface area contributed by atoms with Crippen molar-refractivity contribution in [1.29, 1.82) is 0 Å². The Hall–Kier alpha value is 0.190. The van der Waals surface area contributed by atoms with Crippen molar-refractivity contribution in [2.45, 2.75) is 86.9 Å². The Kier molecular flexibility index (Phi) is 13.8. The van der Waals surface area contributed by atoms with Gasteiger partial charge in [-0.1, -0.05) is 41.5 Å². The van der Waals surface area contributed by atoms with E-state index in [1.54, 1.807) is 7.11 Å². The van der Waals surface area contributed by atoms with Gasteiger partial charge in [-0.25, -0.2) is 0 Å². The Labute approximate surface area is 168 Å². The predicted molar refractivity (Wildman–Crippen MR) is 117 cm³/mol. The van der Waals surface area contributed by atoms with Gasteiger partial charge >= 0.3 is 0 Å². The summed E-state index contributed by atoms with van der Waals surface area (Å²) in [6.07, 6.45) is 0.856. The Morgan fingerprint density at radius 3 is 1.69 bits per heavy atom. The SMILES string of the molecule is CC(C)C(CN)C(C)C.COC(C)(C)CCOC(C)(C)C(C)(C)CSO. The number of ether oxygens (including phenoxy) is 2. The molecule has 3 N–H and O–H groups in total. The topological polar surface area (TPSA) is 64.7 Å². The Balaban J connectivity index is 0. The molecule has 0 fully saturated rings. The monoisotopic (exact) mass is 393 g/mol. The molecule has 0 aromatic heterocycles. The zero-order valence-corrected chi connectivity index (χ0v) is 20.1. The molecule has 0 unspecified atom stereocenters. The van der Waals surface area contributed by atoms with Crippen molar-refractivity contribution in [3.8, 4) is 0 Å². The van der Waals surface area contributed by atoms with E-state index in [0.717, 1.165) is 36.8 Å². The predicted octanol–water partition coefficient (Wildman–Crippen LogP) is 5.70. The fourth-order valence-electron chi connectivity index (χ4n) is 2.50. The van der Waals surface area contributed by atoms with Crippen LogP contribution >= 0.6 is 12.0 Å². The maximum atomic E-state index is 9.00. The minimum absolute atomic E-state index is 0.0797. The molecule has 0 radical (unpaired) electrons. The van der Waals surface area contributed by atoms with Gasteiger partial charge < -0.3 is 19.8 Å². The normalized spacial score (nSPS) is 13.4. The summed E-state index contributed by atoms with van der Waals surface area (Å²) in [5, 5.41) is 0. The van der Waals surface area contributed by atoms with E-state index in [9.17, 15) is 0 Å². The lowest BCUT2D eigenvalue weighted by molar-refractivity contribution is -0.106. The average Bonchev–Trinajstić information content (AvgIpc) is 2.47. The lowest BCUT2D eigenvalue weighted by Gasteiger charge is -2.41. The highest BCUT2D eigenvalue weighted by molar-refractivity contribution is 7.93. The number of methoxy groups -OCH3 is 1. The standard InChI is InChI=1S/C13H28O3S.C8H19N/c1-11(2,10-17-14)13(5,6)16-9-8-12(3,4)15-7;1-6(2)8(5-9)7(3)4/h14H,8-10H2,1-7H3;6-8H,5,9H2,1-4H3. The first kappa shape index (κ1) is 28.4. The number of rotatable bonds is 11. The first-order valence-corrected chi connectivity index (χ1v) is 10.8. The Morgan fingerprint density at radius 2 is 1.42 bits per heavy atom. The molecule has 0 bridgehead atoms. The van der Waals surface area contributed by atoms with Crippen LogP contribution in [0.3, 0.4) is 0 Å². The largest absolute Gasteiger partial charge is 0.379 e. The molecule has 0 aliphatic heterocycles.